The van der Waals surface area contributed by atoms with Gasteiger partial charge in [-0.05, 0) is 30.3 Å². The molecule has 0 aliphatic rings. The summed E-state index contributed by atoms with van der Waals surface area (Å²) in [6.45, 7) is -0.243. The minimum absolute atomic E-state index is 0.243. The molecule has 1 heterocycles. The maximum atomic E-state index is 11.9. The molecular weight excluding hydrogens is 264 g/mol. The number of hydrogen-bond acceptors (Lipinski definition) is 2. The van der Waals surface area contributed by atoms with Crippen molar-refractivity contribution in [2.24, 2.45) is 0 Å². The van der Waals surface area contributed by atoms with Gasteiger partial charge in [-0.2, -0.15) is 0 Å². The zero-order valence-electron chi connectivity index (χ0n) is 9.90. The van der Waals surface area contributed by atoms with Gasteiger partial charge in [0.2, 0.25) is 0 Å². The first kappa shape index (κ1) is 13.2. The Balaban J connectivity index is 2.28. The number of hydrogen-bond donors (Lipinski definition) is 3. The van der Waals surface area contributed by atoms with Gasteiger partial charge in [0.25, 0.3) is 5.91 Å². The summed E-state index contributed by atoms with van der Waals surface area (Å²) in [4.78, 5) is 14.7. The van der Waals surface area contributed by atoms with Crippen molar-refractivity contribution < 1.29 is 9.90 Å². The fourth-order valence-electron chi connectivity index (χ4n) is 1.52. The van der Waals surface area contributed by atoms with E-state index in [9.17, 15) is 4.79 Å². The molecule has 0 radical (unpaired) electrons. The fraction of sp³-hybridized carbons (Fsp3) is 0.0714. The van der Waals surface area contributed by atoms with E-state index >= 15 is 0 Å². The number of halogens is 1. The molecule has 2 aromatic rings. The number of aromatic amines is 1. The number of benzene rings is 1. The fourth-order valence-corrected chi connectivity index (χ4v) is 1.70. The molecule has 19 heavy (non-hydrogen) atoms. The van der Waals surface area contributed by atoms with Crippen LogP contribution in [0.1, 0.15) is 16.1 Å². The summed E-state index contributed by atoms with van der Waals surface area (Å²) < 4.78 is 0. The van der Waals surface area contributed by atoms with Crippen LogP contribution in [-0.2, 0) is 0 Å². The number of nitrogens with one attached hydrogen (secondary N) is 2. The highest BCUT2D eigenvalue weighted by Gasteiger charge is 2.09. The van der Waals surface area contributed by atoms with Crippen molar-refractivity contribution in [1.82, 2.24) is 4.98 Å². The van der Waals surface area contributed by atoms with Crippen LogP contribution in [0, 0.1) is 11.8 Å². The SMILES string of the molecule is O=C(Nc1cc(Cl)ccc1C#CCO)c1ccc[nH]1. The van der Waals surface area contributed by atoms with Crippen LogP contribution in [0.25, 0.3) is 0 Å². The number of anilines is 1. The Morgan fingerprint density at radius 2 is 2.26 bits per heavy atom. The Morgan fingerprint density at radius 1 is 1.42 bits per heavy atom. The lowest BCUT2D eigenvalue weighted by Crippen LogP contribution is -2.13. The maximum absolute atomic E-state index is 11.9. The molecule has 0 saturated heterocycles. The summed E-state index contributed by atoms with van der Waals surface area (Å²) in [5, 5.41) is 11.9. The lowest BCUT2D eigenvalue weighted by Gasteiger charge is -2.07. The Hall–Kier alpha value is -2.22. The Kier molecular flexibility index (Phi) is 4.24. The molecule has 0 aliphatic carbocycles. The van der Waals surface area contributed by atoms with Gasteiger partial charge in [0, 0.05) is 16.8 Å². The second-order valence-corrected chi connectivity index (χ2v) is 4.12. The first-order chi connectivity index (χ1) is 9.20. The van der Waals surface area contributed by atoms with Crippen molar-refractivity contribution in [2.75, 3.05) is 11.9 Å². The second-order valence-electron chi connectivity index (χ2n) is 3.69. The third kappa shape index (κ3) is 3.38. The predicted molar refractivity (Wildman–Crippen MR) is 74.2 cm³/mol. The zero-order valence-corrected chi connectivity index (χ0v) is 10.7. The van der Waals surface area contributed by atoms with Crippen molar-refractivity contribution in [3.05, 3.63) is 52.8 Å². The molecule has 3 N–H and O–H groups in total. The molecule has 0 saturated carbocycles. The molecule has 1 amide bonds. The average Bonchev–Trinajstić information content (AvgIpc) is 2.92. The molecule has 96 valence electrons. The number of aliphatic hydroxyl groups is 1. The van der Waals surface area contributed by atoms with Crippen LogP contribution in [0.4, 0.5) is 5.69 Å². The average molecular weight is 275 g/mol. The van der Waals surface area contributed by atoms with Crippen LogP contribution in [0.3, 0.4) is 0 Å². The van der Waals surface area contributed by atoms with Crippen LogP contribution < -0.4 is 5.32 Å². The first-order valence-electron chi connectivity index (χ1n) is 5.54. The minimum Gasteiger partial charge on any atom is -0.384 e. The van der Waals surface area contributed by atoms with E-state index in [0.717, 1.165) is 0 Å². The molecule has 0 fully saturated rings. The van der Waals surface area contributed by atoms with Gasteiger partial charge in [-0.15, -0.1) is 0 Å². The third-order valence-corrected chi connectivity index (χ3v) is 2.61. The molecule has 1 aromatic carbocycles. The molecule has 2 rings (SSSR count). The number of amides is 1. The number of carbonyl (C=O) groups is 1. The molecular formula is C14H11ClN2O2. The third-order valence-electron chi connectivity index (χ3n) is 2.37. The van der Waals surface area contributed by atoms with Crippen molar-refractivity contribution in [1.29, 1.82) is 0 Å². The van der Waals surface area contributed by atoms with E-state index in [1.54, 1.807) is 36.5 Å². The predicted octanol–water partition coefficient (Wildman–Crippen LogP) is 2.26. The number of carbonyl (C=O) groups excluding carboxylic acids is 1. The normalized spacial score (nSPS) is 9.58. The summed E-state index contributed by atoms with van der Waals surface area (Å²) in [6.07, 6.45) is 1.67. The van der Waals surface area contributed by atoms with E-state index < -0.39 is 0 Å². The highest BCUT2D eigenvalue weighted by molar-refractivity contribution is 6.31. The van der Waals surface area contributed by atoms with E-state index in [2.05, 4.69) is 22.1 Å². The van der Waals surface area contributed by atoms with Gasteiger partial charge in [-0.3, -0.25) is 4.79 Å². The van der Waals surface area contributed by atoms with Gasteiger partial charge in [0.15, 0.2) is 0 Å². The molecule has 0 unspecified atom stereocenters. The summed E-state index contributed by atoms with van der Waals surface area (Å²) in [7, 11) is 0. The smallest absolute Gasteiger partial charge is 0.272 e. The Bertz CT molecular complexity index is 639. The lowest BCUT2D eigenvalue weighted by atomic mass is 10.1. The standard InChI is InChI=1S/C14H11ClN2O2/c15-11-6-5-10(3-2-8-18)13(9-11)17-14(19)12-4-1-7-16-12/h1,4-7,9,16,18H,8H2,(H,17,19). The molecule has 1 aromatic heterocycles. The molecule has 5 heteroatoms. The van der Waals surface area contributed by atoms with Gasteiger partial charge in [0.05, 0.1) is 5.69 Å². The van der Waals surface area contributed by atoms with Crippen LogP contribution in [0.2, 0.25) is 5.02 Å². The van der Waals surface area contributed by atoms with E-state index in [1.165, 1.54) is 0 Å². The van der Waals surface area contributed by atoms with Gasteiger partial charge in [0.1, 0.15) is 12.3 Å². The highest BCUT2D eigenvalue weighted by atomic mass is 35.5. The summed E-state index contributed by atoms with van der Waals surface area (Å²) in [5.41, 5.74) is 1.55. The van der Waals surface area contributed by atoms with E-state index in [1.807, 2.05) is 0 Å². The highest BCUT2D eigenvalue weighted by Crippen LogP contribution is 2.21. The quantitative estimate of drug-likeness (QED) is 0.736. The Labute approximate surface area is 115 Å². The van der Waals surface area contributed by atoms with Crippen LogP contribution in [-0.4, -0.2) is 22.6 Å². The Morgan fingerprint density at radius 3 is 2.95 bits per heavy atom. The second kappa shape index (κ2) is 6.10. The summed E-state index contributed by atoms with van der Waals surface area (Å²) in [5.74, 6) is 5.01. The lowest BCUT2D eigenvalue weighted by molar-refractivity contribution is 0.102. The molecule has 0 aliphatic heterocycles. The molecule has 0 atom stereocenters. The van der Waals surface area contributed by atoms with Gasteiger partial charge >= 0.3 is 0 Å². The van der Waals surface area contributed by atoms with Crippen LogP contribution >= 0.6 is 11.6 Å². The van der Waals surface area contributed by atoms with Crippen LogP contribution in [0.15, 0.2) is 36.5 Å². The number of aliphatic hydroxyl groups excluding tert-OH is 1. The van der Waals surface area contributed by atoms with Crippen LogP contribution in [0.5, 0.6) is 0 Å². The largest absolute Gasteiger partial charge is 0.384 e. The van der Waals surface area contributed by atoms with E-state index in [0.29, 0.717) is 22.0 Å². The summed E-state index contributed by atoms with van der Waals surface area (Å²) >= 11 is 5.90. The van der Waals surface area contributed by atoms with Crippen molar-refractivity contribution >= 4 is 23.2 Å². The molecule has 0 spiro atoms. The number of rotatable bonds is 2. The molecule has 0 bridgehead atoms. The topological polar surface area (TPSA) is 65.1 Å². The number of aromatic nitrogens is 1. The minimum atomic E-state index is -0.278. The first-order valence-corrected chi connectivity index (χ1v) is 5.92. The summed E-state index contributed by atoms with van der Waals surface area (Å²) in [6, 6.07) is 8.38. The van der Waals surface area contributed by atoms with Crippen molar-refractivity contribution in [2.45, 2.75) is 0 Å². The molecule has 4 nitrogen and oxygen atoms in total. The van der Waals surface area contributed by atoms with Gasteiger partial charge in [-0.1, -0.05) is 23.4 Å². The van der Waals surface area contributed by atoms with E-state index in [-0.39, 0.29) is 12.5 Å². The number of H-pyrrole nitrogens is 1. The maximum Gasteiger partial charge on any atom is 0.272 e. The zero-order chi connectivity index (χ0) is 13.7. The van der Waals surface area contributed by atoms with Gasteiger partial charge in [-0.25, -0.2) is 0 Å². The van der Waals surface area contributed by atoms with Crippen molar-refractivity contribution in [3.63, 3.8) is 0 Å². The monoisotopic (exact) mass is 274 g/mol. The van der Waals surface area contributed by atoms with E-state index in [4.69, 9.17) is 16.7 Å². The van der Waals surface area contributed by atoms with Gasteiger partial charge < -0.3 is 15.4 Å². The van der Waals surface area contributed by atoms with Crippen molar-refractivity contribution in [3.8, 4) is 11.8 Å².